The van der Waals surface area contributed by atoms with Gasteiger partial charge in [-0.3, -0.25) is 4.79 Å². The number of hydrogen-bond acceptors (Lipinski definition) is 2. The molecule has 15 heavy (non-hydrogen) atoms. The second-order valence-electron chi connectivity index (χ2n) is 3.17. The Morgan fingerprint density at radius 1 is 1.27 bits per heavy atom. The number of benzene rings is 1. The Balaban J connectivity index is 2.40. The van der Waals surface area contributed by atoms with Gasteiger partial charge in [0, 0.05) is 5.56 Å². The second kappa shape index (κ2) is 3.98. The van der Waals surface area contributed by atoms with E-state index >= 15 is 0 Å². The van der Waals surface area contributed by atoms with Gasteiger partial charge in [0.1, 0.15) is 4.60 Å². The first kappa shape index (κ1) is 10.1. The molecule has 1 aromatic carbocycles. The van der Waals surface area contributed by atoms with Crippen LogP contribution in [0.4, 0.5) is 0 Å². The van der Waals surface area contributed by atoms with Gasteiger partial charge in [0.25, 0.3) is 0 Å². The molecule has 76 valence electrons. The van der Waals surface area contributed by atoms with Gasteiger partial charge in [-0.1, -0.05) is 0 Å². The third-order valence-corrected chi connectivity index (χ3v) is 2.72. The van der Waals surface area contributed by atoms with Crippen molar-refractivity contribution in [2.75, 3.05) is 0 Å². The predicted octanol–water partition coefficient (Wildman–Crippen LogP) is 2.84. The molecule has 0 N–H and O–H groups in total. The van der Waals surface area contributed by atoms with Crippen molar-refractivity contribution in [3.63, 3.8) is 0 Å². The maximum absolute atomic E-state index is 11.1. The largest absolute Gasteiger partial charge is 0.295 e. The van der Waals surface area contributed by atoms with Crippen LogP contribution in [0.15, 0.2) is 41.1 Å². The summed E-state index contributed by atoms with van der Waals surface area (Å²) in [6.45, 7) is 1.55. The molecule has 0 aliphatic heterocycles. The van der Waals surface area contributed by atoms with Crippen LogP contribution in [0.3, 0.4) is 0 Å². The highest BCUT2D eigenvalue weighted by Gasteiger charge is 2.03. The molecule has 0 aliphatic rings. The minimum atomic E-state index is 0.0704. The molecule has 0 saturated heterocycles. The molecule has 0 radical (unpaired) electrons. The Morgan fingerprint density at radius 3 is 2.40 bits per heavy atom. The number of nitrogens with zero attached hydrogens (tertiary/aromatic N) is 2. The van der Waals surface area contributed by atoms with Crippen molar-refractivity contribution < 1.29 is 4.79 Å². The maximum atomic E-state index is 11.1. The first-order chi connectivity index (χ1) is 7.18. The molecule has 1 aromatic heterocycles. The zero-order valence-corrected chi connectivity index (χ0v) is 9.73. The fraction of sp³-hybridized carbons (Fsp3) is 0.0909. The van der Waals surface area contributed by atoms with Gasteiger partial charge in [-0.05, 0) is 53.2 Å². The van der Waals surface area contributed by atoms with Crippen LogP contribution in [0.25, 0.3) is 5.69 Å². The highest BCUT2D eigenvalue weighted by atomic mass is 79.9. The number of halogens is 1. The van der Waals surface area contributed by atoms with E-state index in [0.717, 1.165) is 10.3 Å². The molecule has 4 heteroatoms. The number of Topliss-reactive ketones (excluding diaryl/α,β-unsaturated/α-hetero) is 1. The molecule has 1 heterocycles. The van der Waals surface area contributed by atoms with E-state index in [1.807, 2.05) is 18.2 Å². The van der Waals surface area contributed by atoms with Crippen LogP contribution in [-0.2, 0) is 0 Å². The lowest BCUT2D eigenvalue weighted by Crippen LogP contribution is -1.98. The summed E-state index contributed by atoms with van der Waals surface area (Å²) in [7, 11) is 0. The molecular formula is C11H9BrN2O. The summed E-state index contributed by atoms with van der Waals surface area (Å²) in [5, 5.41) is 4.15. The molecule has 0 fully saturated rings. The second-order valence-corrected chi connectivity index (χ2v) is 3.98. The number of carbonyl (C=O) groups is 1. The molecule has 0 bridgehead atoms. The highest BCUT2D eigenvalue weighted by molar-refractivity contribution is 9.10. The van der Waals surface area contributed by atoms with Crippen LogP contribution in [0.5, 0.6) is 0 Å². The zero-order valence-electron chi connectivity index (χ0n) is 8.14. The van der Waals surface area contributed by atoms with Crippen molar-refractivity contribution in [1.29, 1.82) is 0 Å². The van der Waals surface area contributed by atoms with Crippen LogP contribution < -0.4 is 0 Å². The van der Waals surface area contributed by atoms with Gasteiger partial charge in [-0.15, -0.1) is 0 Å². The summed E-state index contributed by atoms with van der Waals surface area (Å²) in [4.78, 5) is 11.1. The van der Waals surface area contributed by atoms with Gasteiger partial charge >= 0.3 is 0 Å². The Bertz CT molecular complexity index is 488. The summed E-state index contributed by atoms with van der Waals surface area (Å²) < 4.78 is 2.64. The molecule has 0 saturated carbocycles. The quantitative estimate of drug-likeness (QED) is 0.782. The summed E-state index contributed by atoms with van der Waals surface area (Å²) in [6.07, 6.45) is 1.71. The third kappa shape index (κ3) is 1.99. The van der Waals surface area contributed by atoms with Crippen molar-refractivity contribution in [2.45, 2.75) is 6.92 Å². The van der Waals surface area contributed by atoms with E-state index in [1.165, 1.54) is 0 Å². The van der Waals surface area contributed by atoms with E-state index in [0.29, 0.717) is 5.56 Å². The number of rotatable bonds is 2. The summed E-state index contributed by atoms with van der Waals surface area (Å²) in [6, 6.07) is 9.19. The first-order valence-corrected chi connectivity index (χ1v) is 5.28. The van der Waals surface area contributed by atoms with Gasteiger partial charge in [0.15, 0.2) is 5.78 Å². The first-order valence-electron chi connectivity index (χ1n) is 4.49. The molecule has 2 aromatic rings. The van der Waals surface area contributed by atoms with Crippen LogP contribution >= 0.6 is 15.9 Å². The van der Waals surface area contributed by atoms with E-state index in [2.05, 4.69) is 21.0 Å². The Morgan fingerprint density at radius 2 is 1.93 bits per heavy atom. The van der Waals surface area contributed by atoms with Gasteiger partial charge in [0.2, 0.25) is 0 Å². The summed E-state index contributed by atoms with van der Waals surface area (Å²) >= 11 is 3.38. The van der Waals surface area contributed by atoms with Crippen LogP contribution in [0, 0.1) is 0 Å². The lowest BCUT2D eigenvalue weighted by molar-refractivity contribution is 0.101. The average molecular weight is 265 g/mol. The zero-order chi connectivity index (χ0) is 10.8. The van der Waals surface area contributed by atoms with E-state index in [9.17, 15) is 4.79 Å². The smallest absolute Gasteiger partial charge is 0.159 e. The summed E-state index contributed by atoms with van der Waals surface area (Å²) in [5.41, 5.74) is 1.64. The molecule has 2 rings (SSSR count). The minimum absolute atomic E-state index is 0.0704. The van der Waals surface area contributed by atoms with E-state index in [-0.39, 0.29) is 5.78 Å². The molecule has 0 unspecified atom stereocenters. The number of ketones is 1. The van der Waals surface area contributed by atoms with Crippen molar-refractivity contribution >= 4 is 21.7 Å². The van der Waals surface area contributed by atoms with Gasteiger partial charge in [-0.25, -0.2) is 4.68 Å². The molecule has 0 aliphatic carbocycles. The molecule has 3 nitrogen and oxygen atoms in total. The summed E-state index contributed by atoms with van der Waals surface area (Å²) in [5.74, 6) is 0.0704. The fourth-order valence-corrected chi connectivity index (χ4v) is 1.73. The lowest BCUT2D eigenvalue weighted by Gasteiger charge is -2.03. The van der Waals surface area contributed by atoms with E-state index in [1.54, 1.807) is 29.9 Å². The predicted molar refractivity (Wildman–Crippen MR) is 61.3 cm³/mol. The average Bonchev–Trinajstić information content (AvgIpc) is 2.65. The molecular weight excluding hydrogens is 256 g/mol. The van der Waals surface area contributed by atoms with Gasteiger partial charge in [-0.2, -0.15) is 5.10 Å². The van der Waals surface area contributed by atoms with Crippen molar-refractivity contribution in [1.82, 2.24) is 9.78 Å². The fourth-order valence-electron chi connectivity index (χ4n) is 1.31. The van der Waals surface area contributed by atoms with Crippen molar-refractivity contribution in [3.05, 3.63) is 46.7 Å². The van der Waals surface area contributed by atoms with Crippen molar-refractivity contribution in [3.8, 4) is 5.69 Å². The highest BCUT2D eigenvalue weighted by Crippen LogP contribution is 2.16. The normalized spacial score (nSPS) is 10.3. The van der Waals surface area contributed by atoms with Gasteiger partial charge < -0.3 is 0 Å². The SMILES string of the molecule is CC(=O)c1ccc(-n2nccc2Br)cc1. The number of carbonyl (C=O) groups excluding carboxylic acids is 1. The van der Waals surface area contributed by atoms with E-state index in [4.69, 9.17) is 0 Å². The Labute approximate surface area is 95.9 Å². The molecule has 0 amide bonds. The standard InChI is InChI=1S/C11H9BrN2O/c1-8(15)9-2-4-10(5-3-9)14-11(12)6-7-13-14/h2-7H,1H3. The minimum Gasteiger partial charge on any atom is -0.295 e. The number of hydrogen-bond donors (Lipinski definition) is 0. The van der Waals surface area contributed by atoms with Gasteiger partial charge in [0.05, 0.1) is 11.9 Å². The molecule has 0 spiro atoms. The van der Waals surface area contributed by atoms with Crippen LogP contribution in [0.2, 0.25) is 0 Å². The topological polar surface area (TPSA) is 34.9 Å². The maximum Gasteiger partial charge on any atom is 0.159 e. The van der Waals surface area contributed by atoms with Crippen LogP contribution in [-0.4, -0.2) is 15.6 Å². The number of aromatic nitrogens is 2. The van der Waals surface area contributed by atoms with Crippen LogP contribution in [0.1, 0.15) is 17.3 Å². The third-order valence-electron chi connectivity index (χ3n) is 2.11. The molecule has 0 atom stereocenters. The van der Waals surface area contributed by atoms with Crippen molar-refractivity contribution in [2.24, 2.45) is 0 Å². The Kier molecular flexibility index (Phi) is 2.68. The van der Waals surface area contributed by atoms with E-state index < -0.39 is 0 Å². The Hall–Kier alpha value is -1.42. The monoisotopic (exact) mass is 264 g/mol. The lowest BCUT2D eigenvalue weighted by atomic mass is 10.1.